The molecule has 1 fully saturated rings. The third-order valence-corrected chi connectivity index (χ3v) is 3.58. The Morgan fingerprint density at radius 3 is 2.28 bits per heavy atom. The summed E-state index contributed by atoms with van der Waals surface area (Å²) < 4.78 is 37.2. The molecular weight excluding hydrogens is 340 g/mol. The number of ether oxygens (including phenoxy) is 2. The van der Waals surface area contributed by atoms with E-state index in [9.17, 15) is 28.0 Å². The fraction of sp³-hybridized carbons (Fsp3) is 0.750. The third kappa shape index (κ3) is 4.96. The summed E-state index contributed by atoms with van der Waals surface area (Å²) in [6, 6.07) is -0.609. The lowest BCUT2D eigenvalue weighted by Gasteiger charge is -2.37. The number of carbonyl (C=O) groups is 4. The van der Waals surface area contributed by atoms with Gasteiger partial charge in [0.2, 0.25) is 5.78 Å². The molecule has 9 heteroatoms. The highest BCUT2D eigenvalue weighted by atomic mass is 19.3. The lowest BCUT2D eigenvalue weighted by atomic mass is 9.86. The number of rotatable bonds is 4. The zero-order valence-corrected chi connectivity index (χ0v) is 14.9. The number of carbonyl (C=O) groups excluding carboxylic acids is 4. The van der Waals surface area contributed by atoms with E-state index in [1.165, 1.54) is 6.92 Å². The van der Waals surface area contributed by atoms with Gasteiger partial charge in [-0.3, -0.25) is 9.59 Å². The predicted molar refractivity (Wildman–Crippen MR) is 82.1 cm³/mol. The maximum atomic E-state index is 13.9. The molecule has 0 aromatic rings. The van der Waals surface area contributed by atoms with E-state index in [-0.39, 0.29) is 13.0 Å². The van der Waals surface area contributed by atoms with Crippen LogP contribution in [0.2, 0.25) is 0 Å². The van der Waals surface area contributed by atoms with Crippen LogP contribution < -0.4 is 0 Å². The maximum Gasteiger partial charge on any atom is 0.410 e. The molecular formula is C16H23F2NO6. The van der Waals surface area contributed by atoms with E-state index in [1.54, 1.807) is 27.7 Å². The zero-order chi connectivity index (χ0) is 19.6. The SMILES string of the molecule is CCOC(=O)C(F)(F)C(=O)C1CN(C(=O)OC(C)(C)C)[C@H](C)CC1=O. The van der Waals surface area contributed by atoms with Crippen LogP contribution in [0, 0.1) is 5.92 Å². The molecule has 0 aliphatic carbocycles. The summed E-state index contributed by atoms with van der Waals surface area (Å²) in [4.78, 5) is 48.7. The van der Waals surface area contributed by atoms with Crippen molar-refractivity contribution >= 4 is 23.6 Å². The Balaban J connectivity index is 3.00. The molecule has 1 rings (SSSR count). The van der Waals surface area contributed by atoms with Crippen molar-refractivity contribution < 1.29 is 37.4 Å². The van der Waals surface area contributed by atoms with E-state index in [2.05, 4.69) is 4.74 Å². The molecule has 1 aliphatic heterocycles. The molecule has 1 unspecified atom stereocenters. The van der Waals surface area contributed by atoms with Gasteiger partial charge in [-0.1, -0.05) is 0 Å². The molecule has 0 bridgehead atoms. The van der Waals surface area contributed by atoms with Crippen LogP contribution in [-0.2, 0) is 23.9 Å². The van der Waals surface area contributed by atoms with Gasteiger partial charge in [-0.05, 0) is 34.6 Å². The van der Waals surface area contributed by atoms with Crippen LogP contribution in [0.25, 0.3) is 0 Å². The molecule has 2 atom stereocenters. The Hall–Kier alpha value is -2.06. The molecule has 1 amide bonds. The van der Waals surface area contributed by atoms with Crippen molar-refractivity contribution in [2.45, 2.75) is 58.6 Å². The third-order valence-electron chi connectivity index (χ3n) is 3.58. The van der Waals surface area contributed by atoms with Crippen LogP contribution in [0.5, 0.6) is 0 Å². The summed E-state index contributed by atoms with van der Waals surface area (Å²) >= 11 is 0. The number of alkyl halides is 2. The van der Waals surface area contributed by atoms with Crippen molar-refractivity contribution in [2.75, 3.05) is 13.2 Å². The molecule has 142 valence electrons. The highest BCUT2D eigenvalue weighted by Crippen LogP contribution is 2.28. The molecule has 25 heavy (non-hydrogen) atoms. The highest BCUT2D eigenvalue weighted by Gasteiger charge is 2.55. The normalized spacial score (nSPS) is 21.7. The number of amides is 1. The number of hydrogen-bond donors (Lipinski definition) is 0. The van der Waals surface area contributed by atoms with Crippen LogP contribution in [0.4, 0.5) is 13.6 Å². The summed E-state index contributed by atoms with van der Waals surface area (Å²) in [5.41, 5.74) is -0.827. The summed E-state index contributed by atoms with van der Waals surface area (Å²) in [5, 5.41) is 0. The van der Waals surface area contributed by atoms with Gasteiger partial charge in [-0.15, -0.1) is 0 Å². The van der Waals surface area contributed by atoms with Crippen LogP contribution in [-0.4, -0.2) is 59.2 Å². The fourth-order valence-corrected chi connectivity index (χ4v) is 2.37. The van der Waals surface area contributed by atoms with Gasteiger partial charge in [0.1, 0.15) is 17.3 Å². The van der Waals surface area contributed by atoms with Crippen LogP contribution >= 0.6 is 0 Å². The first kappa shape index (κ1) is 21.0. The van der Waals surface area contributed by atoms with Crippen molar-refractivity contribution in [3.8, 4) is 0 Å². The Bertz CT molecular complexity index is 569. The minimum absolute atomic E-state index is 0.283. The molecule has 0 saturated carbocycles. The highest BCUT2D eigenvalue weighted by molar-refractivity contribution is 6.14. The van der Waals surface area contributed by atoms with Gasteiger partial charge in [0.15, 0.2) is 0 Å². The fourth-order valence-electron chi connectivity index (χ4n) is 2.37. The monoisotopic (exact) mass is 363 g/mol. The summed E-state index contributed by atoms with van der Waals surface area (Å²) in [6.07, 6.45) is -1.10. The molecule has 1 aliphatic rings. The van der Waals surface area contributed by atoms with Crippen molar-refractivity contribution in [3.05, 3.63) is 0 Å². The number of ketones is 2. The number of hydrogen-bond acceptors (Lipinski definition) is 6. The number of esters is 1. The maximum absolute atomic E-state index is 13.9. The molecule has 0 N–H and O–H groups in total. The van der Waals surface area contributed by atoms with Gasteiger partial charge in [0.05, 0.1) is 6.61 Å². The first-order valence-electron chi connectivity index (χ1n) is 7.93. The average molecular weight is 363 g/mol. The van der Waals surface area contributed by atoms with Gasteiger partial charge in [0.25, 0.3) is 0 Å². The topological polar surface area (TPSA) is 90.0 Å². The lowest BCUT2D eigenvalue weighted by Crippen LogP contribution is -2.56. The summed E-state index contributed by atoms with van der Waals surface area (Å²) in [5.74, 6) is -10.9. The molecule has 0 spiro atoms. The summed E-state index contributed by atoms with van der Waals surface area (Å²) in [6.45, 7) is 6.85. The van der Waals surface area contributed by atoms with Gasteiger partial charge >= 0.3 is 18.0 Å². The van der Waals surface area contributed by atoms with Crippen molar-refractivity contribution in [3.63, 3.8) is 0 Å². The van der Waals surface area contributed by atoms with E-state index in [0.717, 1.165) is 4.90 Å². The Kier molecular flexibility index (Phi) is 6.25. The van der Waals surface area contributed by atoms with Gasteiger partial charge in [-0.2, -0.15) is 8.78 Å². The Morgan fingerprint density at radius 2 is 1.80 bits per heavy atom. The number of likely N-dealkylation sites (tertiary alicyclic amines) is 1. The Morgan fingerprint density at radius 1 is 1.24 bits per heavy atom. The smallest absolute Gasteiger partial charge is 0.410 e. The van der Waals surface area contributed by atoms with Crippen molar-refractivity contribution in [2.24, 2.45) is 5.92 Å². The van der Waals surface area contributed by atoms with E-state index in [0.29, 0.717) is 0 Å². The van der Waals surface area contributed by atoms with Gasteiger partial charge < -0.3 is 14.4 Å². The number of Topliss-reactive ketones (excluding diaryl/α,β-unsaturated/α-hetero) is 2. The quantitative estimate of drug-likeness (QED) is 0.560. The lowest BCUT2D eigenvalue weighted by molar-refractivity contribution is -0.179. The van der Waals surface area contributed by atoms with Gasteiger partial charge in [-0.25, -0.2) is 9.59 Å². The minimum atomic E-state index is -4.45. The van der Waals surface area contributed by atoms with E-state index in [1.807, 2.05) is 0 Å². The number of halogens is 2. The van der Waals surface area contributed by atoms with Crippen molar-refractivity contribution in [1.29, 1.82) is 0 Å². The summed E-state index contributed by atoms with van der Waals surface area (Å²) in [7, 11) is 0. The second-order valence-electron chi connectivity index (χ2n) is 6.86. The molecule has 0 aromatic heterocycles. The molecule has 1 saturated heterocycles. The van der Waals surface area contributed by atoms with Crippen LogP contribution in [0.1, 0.15) is 41.0 Å². The van der Waals surface area contributed by atoms with E-state index in [4.69, 9.17) is 4.74 Å². The predicted octanol–water partition coefficient (Wildman–Crippen LogP) is 1.97. The first-order valence-corrected chi connectivity index (χ1v) is 7.93. The van der Waals surface area contributed by atoms with Gasteiger partial charge in [0, 0.05) is 19.0 Å². The molecule has 0 aromatic carbocycles. The average Bonchev–Trinajstić information content (AvgIpc) is 2.44. The standard InChI is InChI=1S/C16H23F2NO6/c1-6-24-13(22)16(17,18)12(21)10-8-19(9(2)7-11(10)20)14(23)25-15(3,4)5/h9-10H,6-8H2,1-5H3/t9-,10?/m1/s1. The zero-order valence-electron chi connectivity index (χ0n) is 14.9. The van der Waals surface area contributed by atoms with E-state index < -0.39 is 53.7 Å². The Labute approximate surface area is 144 Å². The molecule has 7 nitrogen and oxygen atoms in total. The largest absolute Gasteiger partial charge is 0.461 e. The van der Waals surface area contributed by atoms with Crippen molar-refractivity contribution in [1.82, 2.24) is 4.90 Å². The number of piperidine rings is 1. The minimum Gasteiger partial charge on any atom is -0.461 e. The first-order chi connectivity index (χ1) is 11.3. The second-order valence-corrected chi connectivity index (χ2v) is 6.86. The second kappa shape index (κ2) is 7.45. The van der Waals surface area contributed by atoms with Crippen LogP contribution in [0.15, 0.2) is 0 Å². The van der Waals surface area contributed by atoms with Crippen LogP contribution in [0.3, 0.4) is 0 Å². The molecule has 0 radical (unpaired) electrons. The van der Waals surface area contributed by atoms with E-state index >= 15 is 0 Å². The number of nitrogens with zero attached hydrogens (tertiary/aromatic N) is 1. The molecule has 1 heterocycles.